The Kier molecular flexibility index (Phi) is 9.56. The molecule has 2 atom stereocenters. The van der Waals surface area contributed by atoms with Crippen LogP contribution in [0.2, 0.25) is 0 Å². The number of carbonyl (C=O) groups is 3. The summed E-state index contributed by atoms with van der Waals surface area (Å²) in [4.78, 5) is 35.1. The summed E-state index contributed by atoms with van der Waals surface area (Å²) >= 11 is 2.63. The van der Waals surface area contributed by atoms with Gasteiger partial charge in [-0.05, 0) is 30.4 Å². The van der Waals surface area contributed by atoms with Gasteiger partial charge in [-0.1, -0.05) is 42.1 Å². The van der Waals surface area contributed by atoms with Crippen LogP contribution in [0, 0.1) is 5.92 Å². The second-order valence-corrected chi connectivity index (χ2v) is 7.55. The Bertz CT molecular complexity index is 551. The second-order valence-electron chi connectivity index (χ2n) is 5.37. The monoisotopic (exact) mass is 369 g/mol. The van der Waals surface area contributed by atoms with Crippen molar-refractivity contribution in [2.75, 3.05) is 17.8 Å². The molecule has 1 aromatic rings. The summed E-state index contributed by atoms with van der Waals surface area (Å²) in [6.07, 6.45) is 2.74. The third-order valence-electron chi connectivity index (χ3n) is 3.41. The Morgan fingerprint density at radius 3 is 2.42 bits per heavy atom. The van der Waals surface area contributed by atoms with Gasteiger partial charge in [-0.25, -0.2) is 4.79 Å². The van der Waals surface area contributed by atoms with E-state index < -0.39 is 17.9 Å². The van der Waals surface area contributed by atoms with Gasteiger partial charge >= 0.3 is 5.97 Å². The van der Waals surface area contributed by atoms with Crippen molar-refractivity contribution in [1.29, 1.82) is 0 Å². The molecule has 0 radical (unpaired) electrons. The molecule has 0 bridgehead atoms. The Morgan fingerprint density at radius 1 is 1.21 bits per heavy atom. The Hall–Kier alpha value is -1.47. The Morgan fingerprint density at radius 2 is 1.88 bits per heavy atom. The number of carbonyl (C=O) groups excluding carboxylic acids is 2. The summed E-state index contributed by atoms with van der Waals surface area (Å²) in [5.41, 5.74) is 0.984. The molecule has 0 saturated heterocycles. The Labute approximate surface area is 151 Å². The van der Waals surface area contributed by atoms with Crippen LogP contribution in [-0.2, 0) is 20.8 Å². The summed E-state index contributed by atoms with van der Waals surface area (Å²) < 4.78 is 0. The van der Waals surface area contributed by atoms with E-state index in [1.54, 1.807) is 0 Å². The number of hydrogen-bond acceptors (Lipinski definition) is 5. The molecule has 1 aromatic carbocycles. The minimum Gasteiger partial charge on any atom is -0.480 e. The molecule has 0 heterocycles. The molecule has 2 N–H and O–H groups in total. The van der Waals surface area contributed by atoms with Crippen LogP contribution in [0.4, 0.5) is 0 Å². The number of carboxylic acid groups (broad SMARTS) is 1. The molecule has 0 spiro atoms. The molecule has 0 fully saturated rings. The number of hydrogen-bond donors (Lipinski definition) is 2. The van der Waals surface area contributed by atoms with E-state index in [1.165, 1.54) is 18.7 Å². The highest BCUT2D eigenvalue weighted by Crippen LogP contribution is 2.16. The maximum Gasteiger partial charge on any atom is 0.326 e. The van der Waals surface area contributed by atoms with Crippen LogP contribution < -0.4 is 5.32 Å². The van der Waals surface area contributed by atoms with Crippen molar-refractivity contribution in [3.05, 3.63) is 35.9 Å². The van der Waals surface area contributed by atoms with Gasteiger partial charge in [-0.15, -0.1) is 0 Å². The van der Waals surface area contributed by atoms with E-state index in [0.29, 0.717) is 24.3 Å². The van der Waals surface area contributed by atoms with Crippen LogP contribution in [-0.4, -0.2) is 45.9 Å². The molecule has 0 unspecified atom stereocenters. The van der Waals surface area contributed by atoms with Crippen LogP contribution in [0.25, 0.3) is 0 Å². The van der Waals surface area contributed by atoms with Gasteiger partial charge in [0.2, 0.25) is 5.91 Å². The molecular weight excluding hydrogens is 346 g/mol. The number of rotatable bonds is 10. The quantitative estimate of drug-likeness (QED) is 0.659. The maximum absolute atomic E-state index is 12.5. The number of amides is 1. The topological polar surface area (TPSA) is 83.5 Å². The van der Waals surface area contributed by atoms with Gasteiger partial charge in [0, 0.05) is 12.7 Å². The summed E-state index contributed by atoms with van der Waals surface area (Å²) in [5, 5.41) is 11.8. The highest BCUT2D eigenvalue weighted by atomic mass is 32.2. The zero-order valence-electron chi connectivity index (χ0n) is 13.9. The minimum absolute atomic E-state index is 0.0574. The van der Waals surface area contributed by atoms with E-state index in [-0.39, 0.29) is 11.0 Å². The second kappa shape index (κ2) is 11.1. The highest BCUT2D eigenvalue weighted by molar-refractivity contribution is 8.13. The Balaban J connectivity index is 2.77. The van der Waals surface area contributed by atoms with Gasteiger partial charge in [0.05, 0.1) is 5.92 Å². The fourth-order valence-electron chi connectivity index (χ4n) is 2.13. The van der Waals surface area contributed by atoms with Crippen molar-refractivity contribution in [2.24, 2.45) is 5.92 Å². The molecule has 5 nitrogen and oxygen atoms in total. The lowest BCUT2D eigenvalue weighted by atomic mass is 9.99. The smallest absolute Gasteiger partial charge is 0.326 e. The van der Waals surface area contributed by atoms with Gasteiger partial charge in [0.25, 0.3) is 0 Å². The zero-order chi connectivity index (χ0) is 17.9. The lowest BCUT2D eigenvalue weighted by Gasteiger charge is -2.20. The first kappa shape index (κ1) is 20.6. The molecule has 1 amide bonds. The first-order valence-corrected chi connectivity index (χ1v) is 10.0. The van der Waals surface area contributed by atoms with Gasteiger partial charge in [0.1, 0.15) is 6.04 Å². The van der Waals surface area contributed by atoms with Gasteiger partial charge in [-0.3, -0.25) is 9.59 Å². The van der Waals surface area contributed by atoms with E-state index in [1.807, 2.05) is 36.6 Å². The van der Waals surface area contributed by atoms with E-state index in [2.05, 4.69) is 5.32 Å². The fourth-order valence-corrected chi connectivity index (χ4v) is 3.30. The highest BCUT2D eigenvalue weighted by Gasteiger charge is 2.25. The van der Waals surface area contributed by atoms with Crippen LogP contribution >= 0.6 is 23.5 Å². The van der Waals surface area contributed by atoms with E-state index in [9.17, 15) is 19.5 Å². The molecule has 0 aliphatic rings. The maximum atomic E-state index is 12.5. The minimum atomic E-state index is -1.03. The van der Waals surface area contributed by atoms with Crippen molar-refractivity contribution >= 4 is 40.5 Å². The van der Waals surface area contributed by atoms with Crippen LogP contribution in [0.1, 0.15) is 18.9 Å². The lowest BCUT2D eigenvalue weighted by Crippen LogP contribution is -2.45. The molecule has 132 valence electrons. The normalized spacial score (nSPS) is 13.1. The molecule has 1 rings (SSSR count). The molecule has 0 aliphatic carbocycles. The summed E-state index contributed by atoms with van der Waals surface area (Å²) in [7, 11) is 0. The van der Waals surface area contributed by atoms with E-state index >= 15 is 0 Å². The summed E-state index contributed by atoms with van der Waals surface area (Å²) in [5.74, 6) is -0.804. The number of nitrogens with one attached hydrogen (secondary N) is 1. The lowest BCUT2D eigenvalue weighted by molar-refractivity contribution is -0.142. The largest absolute Gasteiger partial charge is 0.480 e. The fraction of sp³-hybridized carbons (Fsp3) is 0.471. The first-order valence-electron chi connectivity index (χ1n) is 7.63. The van der Waals surface area contributed by atoms with E-state index in [0.717, 1.165) is 17.3 Å². The standard InChI is InChI=1S/C17H23NO4S2/c1-12(19)24-11-14(10-13-6-4-3-5-7-13)16(20)18-15(17(21)22)8-9-23-2/h3-7,14-15H,8-11H2,1-2H3,(H,18,20)(H,21,22)/t14-,15+/m1/s1. The van der Waals surface area contributed by atoms with E-state index in [4.69, 9.17) is 0 Å². The van der Waals surface area contributed by atoms with Gasteiger partial charge in [0.15, 0.2) is 5.12 Å². The molecule has 24 heavy (non-hydrogen) atoms. The van der Waals surface area contributed by atoms with Crippen molar-refractivity contribution in [2.45, 2.75) is 25.8 Å². The summed E-state index contributed by atoms with van der Waals surface area (Å²) in [6, 6.07) is 8.61. The first-order chi connectivity index (χ1) is 11.4. The zero-order valence-corrected chi connectivity index (χ0v) is 15.5. The van der Waals surface area contributed by atoms with Crippen molar-refractivity contribution in [3.8, 4) is 0 Å². The third kappa shape index (κ3) is 7.88. The van der Waals surface area contributed by atoms with Crippen LogP contribution in [0.3, 0.4) is 0 Å². The number of carboxylic acids is 1. The number of benzene rings is 1. The average molecular weight is 370 g/mol. The average Bonchev–Trinajstić information content (AvgIpc) is 2.55. The van der Waals surface area contributed by atoms with Crippen molar-refractivity contribution in [3.63, 3.8) is 0 Å². The van der Waals surface area contributed by atoms with Crippen molar-refractivity contribution in [1.82, 2.24) is 5.32 Å². The SMILES string of the molecule is CSCC[C@H](NC(=O)[C@@H](CSC(C)=O)Cc1ccccc1)C(=O)O. The van der Waals surface area contributed by atoms with Crippen molar-refractivity contribution < 1.29 is 19.5 Å². The third-order valence-corrected chi connectivity index (χ3v) is 5.03. The summed E-state index contributed by atoms with van der Waals surface area (Å²) in [6.45, 7) is 1.46. The van der Waals surface area contributed by atoms with Gasteiger partial charge in [-0.2, -0.15) is 11.8 Å². The number of aliphatic carboxylic acids is 1. The predicted molar refractivity (Wildman–Crippen MR) is 99.3 cm³/mol. The van der Waals surface area contributed by atoms with Crippen LogP contribution in [0.5, 0.6) is 0 Å². The number of thioether (sulfide) groups is 2. The molecule has 0 saturated carbocycles. The molecule has 0 aromatic heterocycles. The van der Waals surface area contributed by atoms with Crippen LogP contribution in [0.15, 0.2) is 30.3 Å². The molecule has 0 aliphatic heterocycles. The van der Waals surface area contributed by atoms with Gasteiger partial charge < -0.3 is 10.4 Å². The molecule has 7 heteroatoms. The predicted octanol–water partition coefficient (Wildman–Crippen LogP) is 2.45. The molecular formula is C17H23NO4S2.